The van der Waals surface area contributed by atoms with Gasteiger partial charge >= 0.3 is 5.97 Å². The Hall–Kier alpha value is -0.690. The molecule has 0 aromatic carbocycles. The predicted molar refractivity (Wildman–Crippen MR) is 104 cm³/mol. The lowest BCUT2D eigenvalue weighted by molar-refractivity contribution is -0.193. The van der Waals surface area contributed by atoms with Gasteiger partial charge in [-0.1, -0.05) is 53.9 Å². The molecule has 5 nitrogen and oxygen atoms in total. The van der Waals surface area contributed by atoms with Gasteiger partial charge in [-0.25, -0.2) is 0 Å². The minimum absolute atomic E-state index is 0.164. The van der Waals surface area contributed by atoms with Gasteiger partial charge in [0.05, 0.1) is 17.0 Å². The van der Waals surface area contributed by atoms with Crippen LogP contribution < -0.4 is 0 Å². The van der Waals surface area contributed by atoms with Crippen molar-refractivity contribution < 1.29 is 24.5 Å². The Kier molecular flexibility index (Phi) is 9.33. The average molecular weight is 431 g/mol. The van der Waals surface area contributed by atoms with E-state index in [1.54, 1.807) is 0 Å². The Morgan fingerprint density at radius 2 is 2.04 bits per heavy atom. The van der Waals surface area contributed by atoms with E-state index in [4.69, 9.17) is 9.47 Å². The lowest BCUT2D eigenvalue weighted by Gasteiger charge is -2.39. The average Bonchev–Trinajstić information content (AvgIpc) is 2.63. The Bertz CT molecular complexity index is 493. The van der Waals surface area contributed by atoms with Crippen molar-refractivity contribution in [3.8, 4) is 0 Å². The number of fused-ring (bicyclic) bond motifs is 1. The van der Waals surface area contributed by atoms with E-state index in [1.165, 1.54) is 0 Å². The summed E-state index contributed by atoms with van der Waals surface area (Å²) in [7, 11) is 0. The van der Waals surface area contributed by atoms with Crippen LogP contribution in [0.15, 0.2) is 24.3 Å². The van der Waals surface area contributed by atoms with Crippen LogP contribution in [0.2, 0.25) is 0 Å². The number of rotatable bonds is 4. The van der Waals surface area contributed by atoms with Crippen LogP contribution in [0.5, 0.6) is 0 Å². The van der Waals surface area contributed by atoms with Crippen molar-refractivity contribution in [2.24, 2.45) is 5.92 Å². The number of hydrogen-bond donors (Lipinski definition) is 2. The summed E-state index contributed by atoms with van der Waals surface area (Å²) in [5.74, 6) is -0.339. The van der Waals surface area contributed by atoms with E-state index < -0.39 is 23.3 Å². The smallest absolute Gasteiger partial charge is 0.306 e. The van der Waals surface area contributed by atoms with Crippen LogP contribution in [0.1, 0.15) is 58.3 Å². The largest absolute Gasteiger partial charge is 0.458 e. The van der Waals surface area contributed by atoms with Crippen LogP contribution in [0.4, 0.5) is 0 Å². The Labute approximate surface area is 164 Å². The summed E-state index contributed by atoms with van der Waals surface area (Å²) in [6, 6.07) is 0. The molecule has 1 saturated heterocycles. The maximum absolute atomic E-state index is 12.1. The molecule has 1 fully saturated rings. The normalized spacial score (nSPS) is 38.8. The first-order valence-corrected chi connectivity index (χ1v) is 10.6. The van der Waals surface area contributed by atoms with Crippen LogP contribution in [0.25, 0.3) is 0 Å². The highest BCUT2D eigenvalue weighted by Gasteiger charge is 2.41. The molecule has 2 aliphatic heterocycles. The molecule has 6 atom stereocenters. The summed E-state index contributed by atoms with van der Waals surface area (Å²) in [6.07, 6.45) is 11.8. The number of aliphatic hydroxyl groups excluding tert-OH is 2. The quantitative estimate of drug-likeness (QED) is 0.308. The predicted octanol–water partition coefficient (Wildman–Crippen LogP) is 3.62. The number of esters is 1. The van der Waals surface area contributed by atoms with E-state index >= 15 is 0 Å². The van der Waals surface area contributed by atoms with Gasteiger partial charge in [0, 0.05) is 12.3 Å². The molecule has 2 heterocycles. The fraction of sp³-hybridized carbons (Fsp3) is 0.750. The number of alkyl halides is 1. The van der Waals surface area contributed by atoms with E-state index in [0.29, 0.717) is 12.8 Å². The number of cyclic esters (lactones) is 1. The summed E-state index contributed by atoms with van der Waals surface area (Å²) >= 11 is 3.32. The molecule has 0 bridgehead atoms. The van der Waals surface area contributed by atoms with Crippen LogP contribution in [0, 0.1) is 5.92 Å². The molecular weight excluding hydrogens is 400 g/mol. The first-order valence-electron chi connectivity index (χ1n) is 9.71. The molecule has 2 rings (SSSR count). The topological polar surface area (TPSA) is 76.0 Å². The van der Waals surface area contributed by atoms with Crippen molar-refractivity contribution in [2.75, 3.05) is 0 Å². The summed E-state index contributed by atoms with van der Waals surface area (Å²) in [5.41, 5.74) is 0. The number of halogens is 1. The van der Waals surface area contributed by atoms with Crippen molar-refractivity contribution in [3.05, 3.63) is 24.3 Å². The maximum Gasteiger partial charge on any atom is 0.306 e. The number of carbonyl (C=O) groups excluding carboxylic acids is 1. The van der Waals surface area contributed by atoms with Gasteiger partial charge in [0.1, 0.15) is 6.10 Å². The number of hydrogen-bond acceptors (Lipinski definition) is 5. The third-order valence-electron chi connectivity index (χ3n) is 4.97. The maximum atomic E-state index is 12.1. The first kappa shape index (κ1) is 21.6. The van der Waals surface area contributed by atoms with Gasteiger partial charge in [0.25, 0.3) is 0 Å². The molecular formula is C20H31BrO5. The van der Waals surface area contributed by atoms with Gasteiger partial charge in [0.2, 0.25) is 0 Å². The Balaban J connectivity index is 2.16. The fourth-order valence-corrected chi connectivity index (χ4v) is 3.90. The van der Waals surface area contributed by atoms with Gasteiger partial charge in [-0.05, 0) is 38.2 Å². The molecule has 2 aliphatic rings. The molecule has 0 radical (unpaired) electrons. The number of allylic oxidation sites excluding steroid dienone is 2. The van der Waals surface area contributed by atoms with Crippen LogP contribution in [0.3, 0.4) is 0 Å². The fourth-order valence-electron chi connectivity index (χ4n) is 3.38. The van der Waals surface area contributed by atoms with E-state index in [2.05, 4.69) is 22.9 Å². The van der Waals surface area contributed by atoms with Gasteiger partial charge < -0.3 is 19.7 Å². The third kappa shape index (κ3) is 6.48. The van der Waals surface area contributed by atoms with Crippen LogP contribution in [-0.4, -0.2) is 45.6 Å². The molecule has 0 aromatic heterocycles. The van der Waals surface area contributed by atoms with Crippen LogP contribution in [-0.2, 0) is 14.3 Å². The Morgan fingerprint density at radius 3 is 2.81 bits per heavy atom. The van der Waals surface area contributed by atoms with Crippen molar-refractivity contribution in [1.29, 1.82) is 0 Å². The van der Waals surface area contributed by atoms with E-state index in [9.17, 15) is 15.0 Å². The van der Waals surface area contributed by atoms with Crippen molar-refractivity contribution in [2.45, 2.75) is 87.7 Å². The molecule has 26 heavy (non-hydrogen) atoms. The summed E-state index contributed by atoms with van der Waals surface area (Å²) in [5, 5.41) is 20.6. The highest BCUT2D eigenvalue weighted by molar-refractivity contribution is 9.09. The van der Waals surface area contributed by atoms with Crippen molar-refractivity contribution in [3.63, 3.8) is 0 Å². The molecule has 0 spiro atoms. The van der Waals surface area contributed by atoms with Crippen molar-refractivity contribution >= 4 is 21.9 Å². The second-order valence-electron chi connectivity index (χ2n) is 7.10. The molecule has 0 saturated carbocycles. The zero-order chi connectivity index (χ0) is 18.9. The molecule has 148 valence electrons. The zero-order valence-corrected chi connectivity index (χ0v) is 17.0. The number of unbranched alkanes of at least 4 members (excludes halogenated alkanes) is 2. The van der Waals surface area contributed by atoms with Gasteiger partial charge in [0.15, 0.2) is 6.29 Å². The minimum Gasteiger partial charge on any atom is -0.458 e. The molecule has 2 N–H and O–H groups in total. The van der Waals surface area contributed by atoms with E-state index in [0.717, 1.165) is 38.5 Å². The van der Waals surface area contributed by atoms with Gasteiger partial charge in [-0.2, -0.15) is 0 Å². The lowest BCUT2D eigenvalue weighted by Crippen LogP contribution is -2.51. The lowest BCUT2D eigenvalue weighted by atomic mass is 9.87. The summed E-state index contributed by atoms with van der Waals surface area (Å²) < 4.78 is 11.3. The summed E-state index contributed by atoms with van der Waals surface area (Å²) in [6.45, 7) is 2.14. The molecule has 0 aliphatic carbocycles. The standard InChI is InChI=1S/C20H31BrO5/c1-2-3-6-9-14-12-13-16-15(19(23)18(21)20(24)26-16)10-7-4-5-8-11-17(22)25-14/h4,7,12-16,18-20,23-24H,2-3,5-6,8-11H2,1H3/b7-4-,13-12+/t14-,15+,16+,18-,19+,20?/m0/s1. The van der Waals surface area contributed by atoms with E-state index in [1.807, 2.05) is 24.3 Å². The molecule has 0 amide bonds. The number of aliphatic hydroxyl groups is 2. The van der Waals surface area contributed by atoms with Crippen LogP contribution >= 0.6 is 15.9 Å². The second-order valence-corrected chi connectivity index (χ2v) is 8.16. The monoisotopic (exact) mass is 430 g/mol. The third-order valence-corrected chi connectivity index (χ3v) is 5.97. The highest BCUT2D eigenvalue weighted by atomic mass is 79.9. The van der Waals surface area contributed by atoms with Crippen molar-refractivity contribution in [1.82, 2.24) is 0 Å². The second kappa shape index (κ2) is 11.2. The SMILES string of the molecule is CCCCC[C@H]1/C=C/[C@H]2OC(O)[C@@H](Br)[C@H](O)[C@@H]2C/C=C\CCCC(=O)O1. The van der Waals surface area contributed by atoms with E-state index in [-0.39, 0.29) is 18.0 Å². The van der Waals surface area contributed by atoms with Gasteiger partial charge in [-0.15, -0.1) is 0 Å². The number of ether oxygens (including phenoxy) is 2. The zero-order valence-electron chi connectivity index (χ0n) is 15.4. The minimum atomic E-state index is -1.07. The molecule has 6 heteroatoms. The molecule has 0 aromatic rings. The summed E-state index contributed by atoms with van der Waals surface area (Å²) in [4.78, 5) is 11.5. The Morgan fingerprint density at radius 1 is 1.23 bits per heavy atom. The highest BCUT2D eigenvalue weighted by Crippen LogP contribution is 2.33. The first-order chi connectivity index (χ1) is 12.5. The van der Waals surface area contributed by atoms with Gasteiger partial charge in [-0.3, -0.25) is 4.79 Å². The molecule has 1 unspecified atom stereocenters. The number of carbonyl (C=O) groups is 1.